The summed E-state index contributed by atoms with van der Waals surface area (Å²) >= 11 is 0. The van der Waals surface area contributed by atoms with Gasteiger partial charge < -0.3 is 10.6 Å². The Morgan fingerprint density at radius 2 is 1.62 bits per heavy atom. The van der Waals surface area contributed by atoms with Gasteiger partial charge >= 0.3 is 0 Å². The molecule has 2 aliphatic heterocycles. The van der Waals surface area contributed by atoms with Crippen molar-refractivity contribution < 1.29 is 18.4 Å². The number of carbonyl (C=O) groups excluding carboxylic acids is 2. The molecule has 1 aromatic heterocycles. The number of aliphatic imine (C=N–C) groups is 1. The summed E-state index contributed by atoms with van der Waals surface area (Å²) in [5.41, 5.74) is 8.36. The third-order valence-electron chi connectivity index (χ3n) is 7.22. The summed E-state index contributed by atoms with van der Waals surface area (Å²) in [7, 11) is 0. The van der Waals surface area contributed by atoms with Gasteiger partial charge in [0.2, 0.25) is 0 Å². The minimum Gasteiger partial charge on any atom is -0.369 e. The molecule has 2 aliphatic rings. The maximum Gasteiger partial charge on any atom is 0.266 e. The van der Waals surface area contributed by atoms with Gasteiger partial charge in [-0.1, -0.05) is 36.4 Å². The van der Waals surface area contributed by atoms with Gasteiger partial charge in [0, 0.05) is 23.9 Å². The minimum atomic E-state index is -1.61. The van der Waals surface area contributed by atoms with E-state index in [9.17, 15) is 18.4 Å². The van der Waals surface area contributed by atoms with Crippen LogP contribution in [-0.2, 0) is 30.0 Å². The first-order valence-corrected chi connectivity index (χ1v) is 12.6. The summed E-state index contributed by atoms with van der Waals surface area (Å²) in [5.74, 6) is -0.965. The molecule has 2 amide bonds. The van der Waals surface area contributed by atoms with E-state index in [4.69, 9.17) is 5.73 Å². The van der Waals surface area contributed by atoms with Crippen LogP contribution in [0.4, 0.5) is 8.78 Å². The highest BCUT2D eigenvalue weighted by molar-refractivity contribution is 6.09. The molecule has 0 radical (unpaired) electrons. The van der Waals surface area contributed by atoms with Crippen LogP contribution in [0, 0.1) is 18.6 Å². The van der Waals surface area contributed by atoms with Crippen molar-refractivity contribution >= 4 is 17.8 Å². The van der Waals surface area contributed by atoms with Crippen molar-refractivity contribution in [3.63, 3.8) is 0 Å². The lowest BCUT2D eigenvalue weighted by molar-refractivity contribution is -0.130. The van der Waals surface area contributed by atoms with Crippen LogP contribution in [-0.4, -0.2) is 37.5 Å². The summed E-state index contributed by atoms with van der Waals surface area (Å²) in [6.07, 6.45) is 1.75. The number of rotatable bonds is 5. The molecule has 0 bridgehead atoms. The third kappa shape index (κ3) is 4.27. The molecule has 3 heterocycles. The molecule has 3 aromatic carbocycles. The van der Waals surface area contributed by atoms with Crippen LogP contribution < -0.4 is 5.73 Å². The maximum atomic E-state index is 14.1. The topological polar surface area (TPSA) is 105 Å². The number of aryl methyl sites for hydroxylation is 1. The Morgan fingerprint density at radius 1 is 0.975 bits per heavy atom. The van der Waals surface area contributed by atoms with Crippen molar-refractivity contribution in [2.75, 3.05) is 0 Å². The number of carbonyl (C=O) groups is 2. The Bertz CT molecular complexity index is 1630. The molecule has 40 heavy (non-hydrogen) atoms. The first-order valence-electron chi connectivity index (χ1n) is 12.6. The molecular formula is C30H24F2N6O2. The molecule has 2 N–H and O–H groups in total. The van der Waals surface area contributed by atoms with Crippen molar-refractivity contribution in [2.24, 2.45) is 10.7 Å². The van der Waals surface area contributed by atoms with Gasteiger partial charge in [0.25, 0.3) is 11.8 Å². The van der Waals surface area contributed by atoms with Crippen LogP contribution in [0.1, 0.15) is 44.1 Å². The van der Waals surface area contributed by atoms with Gasteiger partial charge in [-0.2, -0.15) is 0 Å². The molecule has 4 aromatic rings. The Balaban J connectivity index is 1.29. The minimum absolute atomic E-state index is 0.0423. The number of halogens is 2. The van der Waals surface area contributed by atoms with E-state index >= 15 is 0 Å². The van der Waals surface area contributed by atoms with Gasteiger partial charge in [-0.15, -0.1) is 0 Å². The average molecular weight is 539 g/mol. The number of hydrogen-bond donors (Lipinski definition) is 1. The van der Waals surface area contributed by atoms with Crippen LogP contribution in [0.3, 0.4) is 0 Å². The van der Waals surface area contributed by atoms with E-state index in [1.807, 2.05) is 6.92 Å². The zero-order chi connectivity index (χ0) is 28.0. The molecule has 200 valence electrons. The number of nitrogens with two attached hydrogens (primary N) is 1. The fourth-order valence-corrected chi connectivity index (χ4v) is 5.22. The fraction of sp³-hybridized carbons (Fsp3) is 0.167. The van der Waals surface area contributed by atoms with Gasteiger partial charge in [0.1, 0.15) is 17.5 Å². The highest BCUT2D eigenvalue weighted by Gasteiger charge is 2.50. The summed E-state index contributed by atoms with van der Waals surface area (Å²) in [6.45, 7) is 2.67. The molecule has 0 saturated carbocycles. The SMILES string of the molecule is Cc1ncc2c(n1)CN(C(=O)c1cccc(CN3C(=O)C(c4ccc(F)cc4)(c4ccc(F)cc4)N=C3N)c1)C2. The fourth-order valence-electron chi connectivity index (χ4n) is 5.22. The second-order valence-corrected chi connectivity index (χ2v) is 9.84. The number of guanidine groups is 1. The standard InChI is InChI=1S/C30H24F2N6O2/c1-18-34-14-21-16-37(17-26(21)35-18)27(39)20-4-2-3-19(13-20)15-38-28(40)30(36-29(38)33,22-5-9-24(31)10-6-22)23-7-11-25(32)12-8-23/h2-14H,15-17H2,1H3,(H2,33,36). The predicted molar refractivity (Wildman–Crippen MR) is 143 cm³/mol. The predicted octanol–water partition coefficient (Wildman–Crippen LogP) is 3.82. The normalized spacial score (nSPS) is 15.8. The number of fused-ring (bicyclic) bond motifs is 1. The number of amides is 2. The van der Waals surface area contributed by atoms with Gasteiger partial charge in [-0.3, -0.25) is 14.5 Å². The summed E-state index contributed by atoms with van der Waals surface area (Å²) in [6, 6.07) is 17.8. The van der Waals surface area contributed by atoms with Gasteiger partial charge in [-0.25, -0.2) is 23.7 Å². The molecule has 6 rings (SSSR count). The first-order chi connectivity index (χ1) is 19.2. The Hall–Kier alpha value is -4.99. The molecule has 0 spiro atoms. The number of nitrogens with zero attached hydrogens (tertiary/aromatic N) is 5. The van der Waals surface area contributed by atoms with Crippen molar-refractivity contribution in [1.29, 1.82) is 0 Å². The van der Waals surface area contributed by atoms with E-state index in [-0.39, 0.29) is 18.4 Å². The van der Waals surface area contributed by atoms with E-state index in [2.05, 4.69) is 15.0 Å². The second kappa shape index (κ2) is 9.64. The van der Waals surface area contributed by atoms with Gasteiger partial charge in [0.15, 0.2) is 11.5 Å². The highest BCUT2D eigenvalue weighted by Crippen LogP contribution is 2.40. The summed E-state index contributed by atoms with van der Waals surface area (Å²) < 4.78 is 27.5. The lowest BCUT2D eigenvalue weighted by Gasteiger charge is -2.27. The van der Waals surface area contributed by atoms with Crippen LogP contribution in [0.2, 0.25) is 0 Å². The van der Waals surface area contributed by atoms with Crippen LogP contribution >= 0.6 is 0 Å². The number of hydrogen-bond acceptors (Lipinski definition) is 6. The van der Waals surface area contributed by atoms with E-state index in [0.717, 1.165) is 11.3 Å². The molecule has 0 saturated heterocycles. The highest BCUT2D eigenvalue weighted by atomic mass is 19.1. The number of benzene rings is 3. The Morgan fingerprint density at radius 3 is 2.27 bits per heavy atom. The van der Waals surface area contributed by atoms with Gasteiger partial charge in [0.05, 0.1) is 18.8 Å². The van der Waals surface area contributed by atoms with Crippen molar-refractivity contribution in [3.8, 4) is 0 Å². The quantitative estimate of drug-likeness (QED) is 0.416. The zero-order valence-corrected chi connectivity index (χ0v) is 21.5. The summed E-state index contributed by atoms with van der Waals surface area (Å²) in [5, 5.41) is 0. The second-order valence-electron chi connectivity index (χ2n) is 9.84. The largest absolute Gasteiger partial charge is 0.369 e. The first kappa shape index (κ1) is 25.3. The average Bonchev–Trinajstić information content (AvgIpc) is 3.48. The molecule has 8 nitrogen and oxygen atoms in total. The summed E-state index contributed by atoms with van der Waals surface area (Å²) in [4.78, 5) is 43.6. The van der Waals surface area contributed by atoms with Crippen LogP contribution in [0.25, 0.3) is 0 Å². The van der Waals surface area contributed by atoms with Crippen molar-refractivity contribution in [2.45, 2.75) is 32.1 Å². The molecule has 0 unspecified atom stereocenters. The van der Waals surface area contributed by atoms with E-state index in [1.54, 1.807) is 35.4 Å². The zero-order valence-electron chi connectivity index (χ0n) is 21.5. The Kier molecular flexibility index (Phi) is 6.10. The molecular weight excluding hydrogens is 514 g/mol. The van der Waals surface area contributed by atoms with E-state index in [0.29, 0.717) is 41.2 Å². The lowest BCUT2D eigenvalue weighted by atomic mass is 9.82. The molecule has 0 atom stereocenters. The Labute approximate surface area is 228 Å². The van der Waals surface area contributed by atoms with Gasteiger partial charge in [-0.05, 0) is 60.0 Å². The molecule has 0 aliphatic carbocycles. The van der Waals surface area contributed by atoms with E-state index < -0.39 is 23.1 Å². The van der Waals surface area contributed by atoms with Crippen molar-refractivity contribution in [3.05, 3.63) is 130 Å². The number of aromatic nitrogens is 2. The monoisotopic (exact) mass is 538 g/mol. The van der Waals surface area contributed by atoms with Crippen LogP contribution in [0.5, 0.6) is 0 Å². The smallest absolute Gasteiger partial charge is 0.266 e. The van der Waals surface area contributed by atoms with Crippen molar-refractivity contribution in [1.82, 2.24) is 19.8 Å². The lowest BCUT2D eigenvalue weighted by Crippen LogP contribution is -2.43. The maximum absolute atomic E-state index is 14.1. The third-order valence-corrected chi connectivity index (χ3v) is 7.22. The molecule has 0 fully saturated rings. The van der Waals surface area contributed by atoms with E-state index in [1.165, 1.54) is 53.4 Å². The van der Waals surface area contributed by atoms with Crippen LogP contribution in [0.15, 0.2) is 84.0 Å². The molecule has 10 heteroatoms.